The van der Waals surface area contributed by atoms with Crippen molar-refractivity contribution < 1.29 is 27.5 Å². The number of aromatic nitrogens is 1. The number of carbonyl (C=O) groups is 2. The fourth-order valence-electron chi connectivity index (χ4n) is 3.05. The number of halogens is 3. The summed E-state index contributed by atoms with van der Waals surface area (Å²) in [5.74, 6) is -1.16. The quantitative estimate of drug-likeness (QED) is 0.614. The lowest BCUT2D eigenvalue weighted by atomic mass is 9.78. The zero-order valence-electron chi connectivity index (χ0n) is 14.9. The number of urea groups is 1. The molecule has 1 unspecified atom stereocenters. The number of carbonyl (C=O) groups excluding carboxylic acids is 2. The number of pyridine rings is 1. The molecule has 1 aromatic carbocycles. The molecule has 1 saturated heterocycles. The van der Waals surface area contributed by atoms with E-state index in [0.717, 1.165) is 28.7 Å². The molecule has 3 rings (SSSR count). The molecular weight excluding hydrogens is 377 g/mol. The second-order valence-electron chi connectivity index (χ2n) is 6.78. The van der Waals surface area contributed by atoms with Gasteiger partial charge >= 0.3 is 12.4 Å². The fourth-order valence-corrected chi connectivity index (χ4v) is 3.05. The van der Waals surface area contributed by atoms with Crippen LogP contribution in [0.5, 0.6) is 5.75 Å². The number of nitrogen functional groups attached to an aromatic ring is 1. The Labute approximate surface area is 158 Å². The second-order valence-corrected chi connectivity index (χ2v) is 6.78. The molecule has 1 aliphatic rings. The zero-order valence-corrected chi connectivity index (χ0v) is 14.9. The zero-order chi connectivity index (χ0) is 20.7. The van der Waals surface area contributed by atoms with Gasteiger partial charge in [-0.15, -0.1) is 13.2 Å². The number of nitrogens with two attached hydrogens (primary N) is 1. The minimum atomic E-state index is -4.91. The van der Waals surface area contributed by atoms with E-state index in [0.29, 0.717) is 0 Å². The molecule has 0 spiro atoms. The number of imide groups is 1. The topological polar surface area (TPSA) is 97.6 Å². The van der Waals surface area contributed by atoms with Crippen LogP contribution in [0.2, 0.25) is 0 Å². The molecule has 1 aliphatic heterocycles. The van der Waals surface area contributed by atoms with Crippen LogP contribution in [0, 0.1) is 0 Å². The second kappa shape index (κ2) is 6.70. The molecule has 2 heterocycles. The Morgan fingerprint density at radius 3 is 2.36 bits per heavy atom. The van der Waals surface area contributed by atoms with Gasteiger partial charge in [0, 0.05) is 17.8 Å². The molecule has 1 atom stereocenters. The molecule has 1 fully saturated rings. The summed E-state index contributed by atoms with van der Waals surface area (Å²) in [5, 5.41) is 2.63. The third-order valence-corrected chi connectivity index (χ3v) is 4.56. The number of nitrogens with zero attached hydrogens (tertiary/aromatic N) is 2. The van der Waals surface area contributed by atoms with Gasteiger partial charge in [-0.05, 0) is 35.9 Å². The van der Waals surface area contributed by atoms with Crippen molar-refractivity contribution in [3.8, 4) is 5.75 Å². The van der Waals surface area contributed by atoms with Crippen LogP contribution in [-0.4, -0.2) is 29.3 Å². The Kier molecular flexibility index (Phi) is 4.66. The summed E-state index contributed by atoms with van der Waals surface area (Å²) < 4.78 is 40.9. The molecule has 0 bridgehead atoms. The maximum absolute atomic E-state index is 12.9. The first kappa shape index (κ1) is 19.5. The van der Waals surface area contributed by atoms with E-state index < -0.39 is 35.5 Å². The van der Waals surface area contributed by atoms with Gasteiger partial charge in [0.05, 0.1) is 11.4 Å². The Bertz CT molecular complexity index is 916. The van der Waals surface area contributed by atoms with Crippen LogP contribution >= 0.6 is 0 Å². The first-order valence-corrected chi connectivity index (χ1v) is 8.21. The summed E-state index contributed by atoms with van der Waals surface area (Å²) >= 11 is 0. The van der Waals surface area contributed by atoms with E-state index >= 15 is 0 Å². The van der Waals surface area contributed by atoms with Gasteiger partial charge in [0.2, 0.25) is 0 Å². The molecule has 10 heteroatoms. The van der Waals surface area contributed by atoms with E-state index in [1.165, 1.54) is 0 Å². The Morgan fingerprint density at radius 1 is 1.14 bits per heavy atom. The number of ether oxygens (including phenoxy) is 1. The van der Waals surface area contributed by atoms with Gasteiger partial charge in [0.25, 0.3) is 5.91 Å². The number of hydrogen-bond donors (Lipinski definition) is 2. The lowest BCUT2D eigenvalue weighted by Crippen LogP contribution is -2.46. The molecule has 0 aliphatic carbocycles. The highest BCUT2D eigenvalue weighted by Gasteiger charge is 2.48. The van der Waals surface area contributed by atoms with Crippen molar-refractivity contribution in [2.75, 3.05) is 10.6 Å². The van der Waals surface area contributed by atoms with Crippen LogP contribution in [0.1, 0.15) is 19.4 Å². The lowest BCUT2D eigenvalue weighted by Gasteiger charge is -2.30. The number of nitrogens with one attached hydrogen (secondary N) is 1. The number of benzene rings is 1. The number of amides is 3. The Morgan fingerprint density at radius 2 is 1.79 bits per heavy atom. The first-order valence-electron chi connectivity index (χ1n) is 8.21. The monoisotopic (exact) mass is 394 g/mol. The minimum Gasteiger partial charge on any atom is -0.404 e. The van der Waals surface area contributed by atoms with Crippen molar-refractivity contribution in [1.29, 1.82) is 0 Å². The average molecular weight is 394 g/mol. The molecule has 1 aromatic heterocycles. The number of hydrogen-bond acceptors (Lipinski definition) is 5. The van der Waals surface area contributed by atoms with Gasteiger partial charge in [-0.3, -0.25) is 9.78 Å². The van der Waals surface area contributed by atoms with E-state index in [9.17, 15) is 22.8 Å². The van der Waals surface area contributed by atoms with Crippen LogP contribution in [0.15, 0.2) is 42.7 Å². The van der Waals surface area contributed by atoms with E-state index in [1.807, 2.05) is 0 Å². The normalized spacial score (nSPS) is 17.6. The van der Waals surface area contributed by atoms with E-state index in [1.54, 1.807) is 38.4 Å². The summed E-state index contributed by atoms with van der Waals surface area (Å²) in [5.41, 5.74) is 5.32. The first-order chi connectivity index (χ1) is 13.0. The SMILES string of the molecule is CC(C)(c1ccncc1)C1NC(=O)N(c2ccc(OC(F)(F)F)c(N)c2)C1=O. The molecule has 3 amide bonds. The Hall–Kier alpha value is -3.30. The minimum absolute atomic E-state index is 0.0440. The molecule has 3 N–H and O–H groups in total. The maximum atomic E-state index is 12.9. The standard InChI is InChI=1S/C18H17F3N4O3/c1-17(2,10-5-7-23-8-6-10)14-15(26)25(16(27)24-14)11-3-4-13(12(22)9-11)28-18(19,20)21/h3-9,14H,22H2,1-2H3,(H,24,27). The van der Waals surface area contributed by atoms with Crippen LogP contribution < -0.4 is 20.7 Å². The van der Waals surface area contributed by atoms with Crippen LogP contribution in [0.4, 0.5) is 29.3 Å². The van der Waals surface area contributed by atoms with Crippen molar-refractivity contribution in [2.24, 2.45) is 0 Å². The van der Waals surface area contributed by atoms with Crippen molar-refractivity contribution in [3.05, 3.63) is 48.3 Å². The molecule has 2 aromatic rings. The molecule has 0 radical (unpaired) electrons. The summed E-state index contributed by atoms with van der Waals surface area (Å²) in [4.78, 5) is 30.1. The van der Waals surface area contributed by atoms with Crippen molar-refractivity contribution in [3.63, 3.8) is 0 Å². The number of anilines is 2. The number of alkyl halides is 3. The largest absolute Gasteiger partial charge is 0.573 e. The molecule has 0 saturated carbocycles. The predicted octanol–water partition coefficient (Wildman–Crippen LogP) is 2.96. The fraction of sp³-hybridized carbons (Fsp3) is 0.278. The summed E-state index contributed by atoms with van der Waals surface area (Å²) in [6.45, 7) is 3.59. The van der Waals surface area contributed by atoms with E-state index in [-0.39, 0.29) is 11.4 Å². The van der Waals surface area contributed by atoms with Gasteiger partial charge in [0.1, 0.15) is 6.04 Å². The van der Waals surface area contributed by atoms with Crippen molar-refractivity contribution >= 4 is 23.3 Å². The molecular formula is C18H17F3N4O3. The van der Waals surface area contributed by atoms with E-state index in [2.05, 4.69) is 15.0 Å². The molecule has 7 nitrogen and oxygen atoms in total. The predicted molar refractivity (Wildman–Crippen MR) is 94.6 cm³/mol. The number of rotatable bonds is 4. The maximum Gasteiger partial charge on any atom is 0.573 e. The molecule has 28 heavy (non-hydrogen) atoms. The van der Waals surface area contributed by atoms with Crippen LogP contribution in [0.3, 0.4) is 0 Å². The van der Waals surface area contributed by atoms with Crippen molar-refractivity contribution in [2.45, 2.75) is 31.7 Å². The lowest BCUT2D eigenvalue weighted by molar-refractivity contribution is -0.274. The van der Waals surface area contributed by atoms with E-state index in [4.69, 9.17) is 5.73 Å². The Balaban J connectivity index is 1.89. The van der Waals surface area contributed by atoms with Gasteiger partial charge in [0.15, 0.2) is 5.75 Å². The highest BCUT2D eigenvalue weighted by atomic mass is 19.4. The van der Waals surface area contributed by atoms with Crippen LogP contribution in [0.25, 0.3) is 0 Å². The summed E-state index contributed by atoms with van der Waals surface area (Å²) in [7, 11) is 0. The third kappa shape index (κ3) is 3.57. The summed E-state index contributed by atoms with van der Waals surface area (Å²) in [6.07, 6.45) is -1.75. The highest BCUT2D eigenvalue weighted by molar-refractivity contribution is 6.22. The van der Waals surface area contributed by atoms with Gasteiger partial charge < -0.3 is 15.8 Å². The van der Waals surface area contributed by atoms with Crippen LogP contribution in [-0.2, 0) is 10.2 Å². The summed E-state index contributed by atoms with van der Waals surface area (Å²) in [6, 6.07) is 5.11. The third-order valence-electron chi connectivity index (χ3n) is 4.56. The van der Waals surface area contributed by atoms with Crippen molar-refractivity contribution in [1.82, 2.24) is 10.3 Å². The van der Waals surface area contributed by atoms with Gasteiger partial charge in [-0.25, -0.2) is 9.69 Å². The smallest absolute Gasteiger partial charge is 0.404 e. The highest BCUT2D eigenvalue weighted by Crippen LogP contribution is 2.35. The van der Waals surface area contributed by atoms with Gasteiger partial charge in [-0.1, -0.05) is 13.8 Å². The van der Waals surface area contributed by atoms with Gasteiger partial charge in [-0.2, -0.15) is 0 Å². The molecule has 148 valence electrons. The average Bonchev–Trinajstić information content (AvgIpc) is 2.92.